The molecule has 0 saturated carbocycles. The van der Waals surface area contributed by atoms with Gasteiger partial charge in [-0.2, -0.15) is 5.10 Å². The third-order valence-corrected chi connectivity index (χ3v) is 2.77. The van der Waals surface area contributed by atoms with Crippen molar-refractivity contribution < 1.29 is 0 Å². The number of rotatable bonds is 2. The first-order valence-electron chi connectivity index (χ1n) is 4.75. The van der Waals surface area contributed by atoms with Crippen LogP contribution in [0.2, 0.25) is 0 Å². The van der Waals surface area contributed by atoms with E-state index >= 15 is 0 Å². The van der Waals surface area contributed by atoms with E-state index in [1.54, 1.807) is 6.07 Å². The van der Waals surface area contributed by atoms with Crippen molar-refractivity contribution in [2.75, 3.05) is 0 Å². The van der Waals surface area contributed by atoms with Crippen LogP contribution in [0.3, 0.4) is 0 Å². The average molecular weight is 280 g/mol. The molecule has 1 heterocycles. The number of nitrogens with one attached hydrogen (secondary N) is 1. The number of H-pyrrole nitrogens is 1. The van der Waals surface area contributed by atoms with Crippen molar-refractivity contribution in [3.8, 4) is 11.3 Å². The Hall–Kier alpha value is -1.46. The molecule has 0 atom stereocenters. The fourth-order valence-corrected chi connectivity index (χ4v) is 1.63. The van der Waals surface area contributed by atoms with Crippen molar-refractivity contribution in [3.63, 3.8) is 0 Å². The van der Waals surface area contributed by atoms with Gasteiger partial charge in [0.2, 0.25) is 0 Å². The van der Waals surface area contributed by atoms with Gasteiger partial charge in [-0.3, -0.25) is 4.79 Å². The van der Waals surface area contributed by atoms with Crippen molar-refractivity contribution in [3.05, 3.63) is 50.7 Å². The molecular formula is C11H10BrN3O. The molecule has 0 saturated heterocycles. The maximum atomic E-state index is 11.3. The Kier molecular flexibility index (Phi) is 3.17. The number of aromatic amines is 1. The largest absolute Gasteiger partial charge is 0.326 e. The van der Waals surface area contributed by atoms with Crippen molar-refractivity contribution in [2.45, 2.75) is 6.54 Å². The van der Waals surface area contributed by atoms with Gasteiger partial charge in [0.25, 0.3) is 5.56 Å². The Morgan fingerprint density at radius 3 is 2.62 bits per heavy atom. The summed E-state index contributed by atoms with van der Waals surface area (Å²) < 4.78 is 1.000. The van der Waals surface area contributed by atoms with Crippen LogP contribution in [0.15, 0.2) is 39.6 Å². The Morgan fingerprint density at radius 1 is 1.31 bits per heavy atom. The SMILES string of the molecule is NCc1cc(-c2ccc(Br)cc2)n[nH]c1=O. The summed E-state index contributed by atoms with van der Waals surface area (Å²) in [5, 5.41) is 6.41. The molecule has 0 radical (unpaired) electrons. The van der Waals surface area contributed by atoms with Crippen molar-refractivity contribution in [1.82, 2.24) is 10.2 Å². The summed E-state index contributed by atoms with van der Waals surface area (Å²) >= 11 is 3.36. The lowest BCUT2D eigenvalue weighted by Crippen LogP contribution is -2.17. The molecule has 0 amide bonds. The van der Waals surface area contributed by atoms with E-state index < -0.39 is 0 Å². The smallest absolute Gasteiger partial charge is 0.268 e. The number of hydrogen-bond donors (Lipinski definition) is 2. The topological polar surface area (TPSA) is 71.8 Å². The molecule has 0 unspecified atom stereocenters. The minimum absolute atomic E-state index is 0.210. The van der Waals surface area contributed by atoms with Gasteiger partial charge in [-0.05, 0) is 18.2 Å². The highest BCUT2D eigenvalue weighted by atomic mass is 79.9. The van der Waals surface area contributed by atoms with Crippen LogP contribution in [0.5, 0.6) is 0 Å². The minimum Gasteiger partial charge on any atom is -0.326 e. The number of nitrogens with two attached hydrogens (primary N) is 1. The van der Waals surface area contributed by atoms with Gasteiger partial charge in [-0.15, -0.1) is 0 Å². The van der Waals surface area contributed by atoms with Gasteiger partial charge < -0.3 is 5.73 Å². The summed E-state index contributed by atoms with van der Waals surface area (Å²) in [6, 6.07) is 9.40. The number of hydrogen-bond acceptors (Lipinski definition) is 3. The van der Waals surface area contributed by atoms with Crippen LogP contribution in [-0.4, -0.2) is 10.2 Å². The lowest BCUT2D eigenvalue weighted by Gasteiger charge is -2.02. The molecule has 3 N–H and O–H groups in total. The van der Waals surface area contributed by atoms with E-state index in [1.807, 2.05) is 24.3 Å². The van der Waals surface area contributed by atoms with Gasteiger partial charge in [-0.25, -0.2) is 5.10 Å². The highest BCUT2D eigenvalue weighted by molar-refractivity contribution is 9.10. The van der Waals surface area contributed by atoms with E-state index in [9.17, 15) is 4.79 Å². The summed E-state index contributed by atoms with van der Waals surface area (Å²) in [6.45, 7) is 0.210. The normalized spacial score (nSPS) is 10.4. The molecule has 0 spiro atoms. The summed E-state index contributed by atoms with van der Waals surface area (Å²) in [5.74, 6) is 0. The Bertz CT molecular complexity index is 548. The predicted molar refractivity (Wildman–Crippen MR) is 65.9 cm³/mol. The zero-order chi connectivity index (χ0) is 11.5. The van der Waals surface area contributed by atoms with E-state index in [0.29, 0.717) is 11.3 Å². The molecule has 82 valence electrons. The van der Waals surface area contributed by atoms with Gasteiger partial charge >= 0.3 is 0 Å². The number of nitrogens with zero attached hydrogens (tertiary/aromatic N) is 1. The molecule has 1 aromatic heterocycles. The fourth-order valence-electron chi connectivity index (χ4n) is 1.37. The summed E-state index contributed by atoms with van der Waals surface area (Å²) in [6.07, 6.45) is 0. The zero-order valence-corrected chi connectivity index (χ0v) is 9.99. The summed E-state index contributed by atoms with van der Waals surface area (Å²) in [4.78, 5) is 11.3. The molecule has 4 nitrogen and oxygen atoms in total. The highest BCUT2D eigenvalue weighted by Gasteiger charge is 2.03. The molecule has 0 aliphatic heterocycles. The van der Waals surface area contributed by atoms with Gasteiger partial charge in [0.15, 0.2) is 0 Å². The molecule has 16 heavy (non-hydrogen) atoms. The summed E-state index contributed by atoms with van der Waals surface area (Å²) in [5.41, 5.74) is 7.42. The van der Waals surface area contributed by atoms with Crippen LogP contribution in [0.4, 0.5) is 0 Å². The number of aromatic nitrogens is 2. The Labute approximate surface area is 101 Å². The van der Waals surface area contributed by atoms with Crippen LogP contribution >= 0.6 is 15.9 Å². The van der Waals surface area contributed by atoms with Gasteiger partial charge in [-0.1, -0.05) is 28.1 Å². The third-order valence-electron chi connectivity index (χ3n) is 2.24. The van der Waals surface area contributed by atoms with Gasteiger partial charge in [0, 0.05) is 22.1 Å². The van der Waals surface area contributed by atoms with Crippen molar-refractivity contribution >= 4 is 15.9 Å². The molecule has 0 aliphatic rings. The Balaban J connectivity index is 2.48. The predicted octanol–water partition coefficient (Wildman–Crippen LogP) is 1.66. The second-order valence-electron chi connectivity index (χ2n) is 3.32. The lowest BCUT2D eigenvalue weighted by molar-refractivity contribution is 0.930. The molecule has 2 aromatic rings. The molecule has 0 bridgehead atoms. The molecule has 0 fully saturated rings. The third kappa shape index (κ3) is 2.20. The first-order valence-corrected chi connectivity index (χ1v) is 5.54. The van der Waals surface area contributed by atoms with E-state index in [0.717, 1.165) is 10.0 Å². The molecule has 0 aliphatic carbocycles. The van der Waals surface area contributed by atoms with Crippen LogP contribution in [0.1, 0.15) is 5.56 Å². The van der Waals surface area contributed by atoms with Crippen LogP contribution in [0.25, 0.3) is 11.3 Å². The van der Waals surface area contributed by atoms with E-state index in [-0.39, 0.29) is 12.1 Å². The lowest BCUT2D eigenvalue weighted by atomic mass is 10.1. The maximum Gasteiger partial charge on any atom is 0.268 e. The minimum atomic E-state index is -0.233. The van der Waals surface area contributed by atoms with Crippen LogP contribution in [-0.2, 0) is 6.54 Å². The van der Waals surface area contributed by atoms with Gasteiger partial charge in [0.1, 0.15) is 0 Å². The molecule has 5 heteroatoms. The first-order chi connectivity index (χ1) is 7.70. The average Bonchev–Trinajstić information content (AvgIpc) is 2.31. The second kappa shape index (κ2) is 4.59. The monoisotopic (exact) mass is 279 g/mol. The quantitative estimate of drug-likeness (QED) is 0.878. The zero-order valence-electron chi connectivity index (χ0n) is 8.40. The van der Waals surface area contributed by atoms with Gasteiger partial charge in [0.05, 0.1) is 5.69 Å². The standard InChI is InChI=1S/C11H10BrN3O/c12-9-3-1-7(2-4-9)10-5-8(6-13)11(16)15-14-10/h1-5H,6,13H2,(H,15,16). The molecular weight excluding hydrogens is 270 g/mol. The van der Waals surface area contributed by atoms with E-state index in [4.69, 9.17) is 5.73 Å². The fraction of sp³-hybridized carbons (Fsp3) is 0.0909. The highest BCUT2D eigenvalue weighted by Crippen LogP contribution is 2.19. The maximum absolute atomic E-state index is 11.3. The van der Waals surface area contributed by atoms with E-state index in [2.05, 4.69) is 26.1 Å². The number of benzene rings is 1. The molecule has 2 rings (SSSR count). The number of halogens is 1. The van der Waals surface area contributed by atoms with Crippen LogP contribution in [0, 0.1) is 0 Å². The second-order valence-corrected chi connectivity index (χ2v) is 4.23. The summed E-state index contributed by atoms with van der Waals surface area (Å²) in [7, 11) is 0. The van der Waals surface area contributed by atoms with Crippen molar-refractivity contribution in [1.29, 1.82) is 0 Å². The Morgan fingerprint density at radius 2 is 2.00 bits per heavy atom. The van der Waals surface area contributed by atoms with Crippen molar-refractivity contribution in [2.24, 2.45) is 5.73 Å². The van der Waals surface area contributed by atoms with Crippen LogP contribution < -0.4 is 11.3 Å². The molecule has 1 aromatic carbocycles. The first kappa shape index (κ1) is 11.0. The van der Waals surface area contributed by atoms with E-state index in [1.165, 1.54) is 0 Å².